The average molecular weight is 307 g/mol. The molecule has 0 atom stereocenters. The first-order valence-electron chi connectivity index (χ1n) is 7.31. The quantitative estimate of drug-likeness (QED) is 0.695. The van der Waals surface area contributed by atoms with Crippen LogP contribution in [0.15, 0.2) is 58.1 Å². The van der Waals surface area contributed by atoms with Gasteiger partial charge in [0.05, 0.1) is 18.4 Å². The molecule has 0 amide bonds. The van der Waals surface area contributed by atoms with E-state index in [0.717, 1.165) is 16.8 Å². The van der Waals surface area contributed by atoms with E-state index < -0.39 is 10.9 Å². The van der Waals surface area contributed by atoms with Gasteiger partial charge in [0, 0.05) is 7.05 Å². The van der Waals surface area contributed by atoms with Gasteiger partial charge in [0.25, 0.3) is 5.43 Å². The molecule has 0 aliphatic carbocycles. The van der Waals surface area contributed by atoms with Crippen LogP contribution in [0.4, 0.5) is 11.4 Å². The Labute approximate surface area is 134 Å². The van der Waals surface area contributed by atoms with Crippen LogP contribution in [-0.2, 0) is 0 Å². The van der Waals surface area contributed by atoms with E-state index in [-0.39, 0.29) is 0 Å². The van der Waals surface area contributed by atoms with Gasteiger partial charge >= 0.3 is 0 Å². The summed E-state index contributed by atoms with van der Waals surface area (Å²) >= 11 is 0. The van der Waals surface area contributed by atoms with Crippen LogP contribution in [0.1, 0.15) is 5.56 Å². The third-order valence-electron chi connectivity index (χ3n) is 4.01. The van der Waals surface area contributed by atoms with E-state index in [1.165, 1.54) is 0 Å². The highest BCUT2D eigenvalue weighted by molar-refractivity contribution is 5.86. The Morgan fingerprint density at radius 3 is 2.22 bits per heavy atom. The minimum absolute atomic E-state index is 0.406. The lowest BCUT2D eigenvalue weighted by Gasteiger charge is -2.25. The van der Waals surface area contributed by atoms with Crippen molar-refractivity contribution in [2.75, 3.05) is 19.1 Å². The van der Waals surface area contributed by atoms with Gasteiger partial charge in [-0.2, -0.15) is 0 Å². The first kappa shape index (κ1) is 15.0. The maximum atomic E-state index is 12.1. The van der Waals surface area contributed by atoms with Crippen LogP contribution >= 0.6 is 0 Å². The molecule has 0 bridgehead atoms. The van der Waals surface area contributed by atoms with E-state index in [1.807, 2.05) is 55.5 Å². The second kappa shape index (κ2) is 5.72. The zero-order chi connectivity index (χ0) is 16.6. The van der Waals surface area contributed by atoms with E-state index >= 15 is 0 Å². The molecule has 116 valence electrons. The molecule has 3 aromatic carbocycles. The second-order valence-corrected chi connectivity index (χ2v) is 5.48. The SMILES string of the molecule is COc1ccccc1N(C)c1c(-c2ccc(C)cc2)c(=O)c1=O. The molecular formula is C19H17NO3. The zero-order valence-corrected chi connectivity index (χ0v) is 13.3. The molecule has 4 heteroatoms. The van der Waals surface area contributed by atoms with Crippen molar-refractivity contribution in [2.45, 2.75) is 6.92 Å². The molecule has 4 nitrogen and oxygen atoms in total. The van der Waals surface area contributed by atoms with Crippen LogP contribution in [0.3, 0.4) is 0 Å². The summed E-state index contributed by atoms with van der Waals surface area (Å²) in [4.78, 5) is 25.9. The van der Waals surface area contributed by atoms with Gasteiger partial charge in [-0.25, -0.2) is 0 Å². The fraction of sp³-hybridized carbons (Fsp3) is 0.158. The van der Waals surface area contributed by atoms with Crippen LogP contribution < -0.4 is 20.5 Å². The molecule has 0 heterocycles. The largest absolute Gasteiger partial charge is 0.495 e. The molecule has 0 saturated carbocycles. The predicted molar refractivity (Wildman–Crippen MR) is 92.6 cm³/mol. The summed E-state index contributed by atoms with van der Waals surface area (Å²) in [5, 5.41) is 0. The van der Waals surface area contributed by atoms with Crippen molar-refractivity contribution < 1.29 is 4.74 Å². The highest BCUT2D eigenvalue weighted by Gasteiger charge is 2.26. The fourth-order valence-electron chi connectivity index (χ4n) is 2.72. The molecule has 0 aliphatic rings. The third kappa shape index (κ3) is 2.42. The number of nitrogens with zero attached hydrogens (tertiary/aromatic N) is 1. The number of aryl methyl sites for hydroxylation is 1. The molecule has 0 N–H and O–H groups in total. The van der Waals surface area contributed by atoms with Gasteiger partial charge in [0.2, 0.25) is 5.43 Å². The smallest absolute Gasteiger partial charge is 0.250 e. The van der Waals surface area contributed by atoms with Crippen LogP contribution in [0, 0.1) is 6.92 Å². The second-order valence-electron chi connectivity index (χ2n) is 5.48. The van der Waals surface area contributed by atoms with Crippen LogP contribution in [0.25, 0.3) is 11.1 Å². The lowest BCUT2D eigenvalue weighted by Crippen LogP contribution is -2.39. The molecule has 23 heavy (non-hydrogen) atoms. The van der Waals surface area contributed by atoms with Crippen LogP contribution in [0.2, 0.25) is 0 Å². The molecule has 3 aromatic rings. The van der Waals surface area contributed by atoms with E-state index in [9.17, 15) is 9.59 Å². The molecule has 3 rings (SSSR count). The summed E-state index contributed by atoms with van der Waals surface area (Å²) in [5.41, 5.74) is 2.57. The number of benzene rings is 2. The average Bonchev–Trinajstić information content (AvgIpc) is 2.59. The van der Waals surface area contributed by atoms with Crippen molar-refractivity contribution in [2.24, 2.45) is 0 Å². The van der Waals surface area contributed by atoms with Crippen molar-refractivity contribution >= 4 is 11.4 Å². The summed E-state index contributed by atoms with van der Waals surface area (Å²) in [6.07, 6.45) is 0. The van der Waals surface area contributed by atoms with E-state index in [0.29, 0.717) is 17.0 Å². The molecule has 0 spiro atoms. The number of methoxy groups -OCH3 is 1. The molecule has 0 radical (unpaired) electrons. The van der Waals surface area contributed by atoms with Crippen LogP contribution in [0.5, 0.6) is 5.75 Å². The molecule has 0 aliphatic heterocycles. The molecular weight excluding hydrogens is 290 g/mol. The normalized spacial score (nSPS) is 10.7. The summed E-state index contributed by atoms with van der Waals surface area (Å²) in [6, 6.07) is 15.0. The number of ether oxygens (including phenoxy) is 1. The van der Waals surface area contributed by atoms with Gasteiger partial charge in [-0.3, -0.25) is 9.59 Å². The number of para-hydroxylation sites is 2. The van der Waals surface area contributed by atoms with Crippen molar-refractivity contribution in [3.8, 4) is 16.9 Å². The van der Waals surface area contributed by atoms with Gasteiger partial charge in [-0.05, 0) is 24.6 Å². The van der Waals surface area contributed by atoms with Crippen molar-refractivity contribution in [1.29, 1.82) is 0 Å². The summed E-state index contributed by atoms with van der Waals surface area (Å²) in [7, 11) is 3.35. The predicted octanol–water partition coefficient (Wildman–Crippen LogP) is 3.03. The van der Waals surface area contributed by atoms with Gasteiger partial charge in [-0.1, -0.05) is 42.0 Å². The van der Waals surface area contributed by atoms with Crippen LogP contribution in [-0.4, -0.2) is 14.2 Å². The first-order chi connectivity index (χ1) is 11.0. The Morgan fingerprint density at radius 2 is 1.57 bits per heavy atom. The molecule has 0 fully saturated rings. The molecule has 0 unspecified atom stereocenters. The van der Waals surface area contributed by atoms with Gasteiger partial charge in [0.15, 0.2) is 0 Å². The maximum absolute atomic E-state index is 12.1. The monoisotopic (exact) mass is 307 g/mol. The Kier molecular flexibility index (Phi) is 3.74. The van der Waals surface area contributed by atoms with Gasteiger partial charge in [0.1, 0.15) is 11.4 Å². The Hall–Kier alpha value is -2.88. The molecule has 0 aromatic heterocycles. The summed E-state index contributed by atoms with van der Waals surface area (Å²) in [6.45, 7) is 1.98. The maximum Gasteiger partial charge on any atom is 0.250 e. The fourth-order valence-corrected chi connectivity index (χ4v) is 2.72. The Morgan fingerprint density at radius 1 is 0.913 bits per heavy atom. The Bertz CT molecular complexity index is 919. The zero-order valence-electron chi connectivity index (χ0n) is 13.3. The van der Waals surface area contributed by atoms with Crippen molar-refractivity contribution in [1.82, 2.24) is 0 Å². The van der Waals surface area contributed by atoms with Gasteiger partial charge in [-0.15, -0.1) is 0 Å². The summed E-state index contributed by atoms with van der Waals surface area (Å²) < 4.78 is 5.34. The highest BCUT2D eigenvalue weighted by Crippen LogP contribution is 2.35. The number of hydrogen-bond acceptors (Lipinski definition) is 4. The third-order valence-corrected chi connectivity index (χ3v) is 4.01. The Balaban J connectivity index is 2.11. The molecule has 0 saturated heterocycles. The lowest BCUT2D eigenvalue weighted by molar-refractivity contribution is 0.415. The first-order valence-corrected chi connectivity index (χ1v) is 7.31. The van der Waals surface area contributed by atoms with Crippen molar-refractivity contribution in [3.63, 3.8) is 0 Å². The highest BCUT2D eigenvalue weighted by atomic mass is 16.5. The van der Waals surface area contributed by atoms with E-state index in [1.54, 1.807) is 19.1 Å². The number of hydrogen-bond donors (Lipinski definition) is 0. The summed E-state index contributed by atoms with van der Waals surface area (Å²) in [5.74, 6) is 0.651. The van der Waals surface area contributed by atoms with E-state index in [4.69, 9.17) is 4.74 Å². The minimum Gasteiger partial charge on any atom is -0.495 e. The lowest BCUT2D eigenvalue weighted by atomic mass is 9.96. The van der Waals surface area contributed by atoms with Crippen molar-refractivity contribution in [3.05, 3.63) is 74.5 Å². The minimum atomic E-state index is -0.464. The topological polar surface area (TPSA) is 46.6 Å². The standard InChI is InChI=1S/C19H17NO3/c1-12-8-10-13(11-9-12)16-17(19(22)18(16)21)20(2)14-6-4-5-7-15(14)23-3/h4-11H,1-3H3. The number of anilines is 2. The van der Waals surface area contributed by atoms with Gasteiger partial charge < -0.3 is 9.64 Å². The number of rotatable bonds is 4. The van der Waals surface area contributed by atoms with E-state index in [2.05, 4.69) is 0 Å².